The van der Waals surface area contributed by atoms with Crippen LogP contribution in [-0.4, -0.2) is 36.9 Å². The van der Waals surface area contributed by atoms with Gasteiger partial charge in [-0.3, -0.25) is 0 Å². The first-order valence-electron chi connectivity index (χ1n) is 6.19. The summed E-state index contributed by atoms with van der Waals surface area (Å²) in [6.07, 6.45) is 1.63. The molecule has 0 unspecified atom stereocenters. The second-order valence-electron chi connectivity index (χ2n) is 5.67. The molecule has 2 aromatic rings. The van der Waals surface area contributed by atoms with Gasteiger partial charge in [-0.1, -0.05) is 31.2 Å². The molecule has 19 heavy (non-hydrogen) atoms. The molecule has 2 rings (SSSR count). The molecule has 0 aliphatic carbocycles. The number of rotatable bonds is 5. The van der Waals surface area contributed by atoms with Crippen LogP contribution in [0.1, 0.15) is 0 Å². The van der Waals surface area contributed by atoms with Gasteiger partial charge in [0.15, 0.2) is 5.65 Å². The third-order valence-corrected chi connectivity index (χ3v) is 4.87. The molecule has 0 atom stereocenters. The van der Waals surface area contributed by atoms with Crippen LogP contribution >= 0.6 is 11.6 Å². The van der Waals surface area contributed by atoms with Crippen LogP contribution in [0.4, 0.5) is 0 Å². The van der Waals surface area contributed by atoms with E-state index < -0.39 is 8.07 Å². The predicted octanol–water partition coefficient (Wildman–Crippen LogP) is 1.69. The third-order valence-electron chi connectivity index (χ3n) is 2.84. The van der Waals surface area contributed by atoms with Crippen LogP contribution in [0.2, 0.25) is 30.7 Å². The van der Waals surface area contributed by atoms with Crippen LogP contribution in [0.3, 0.4) is 0 Å². The Hall–Kier alpha value is -0.978. The van der Waals surface area contributed by atoms with Gasteiger partial charge in [-0.05, 0) is 18.2 Å². The van der Waals surface area contributed by atoms with Gasteiger partial charge in [0.1, 0.15) is 6.61 Å². The highest BCUT2D eigenvalue weighted by Crippen LogP contribution is 2.20. The van der Waals surface area contributed by atoms with E-state index in [2.05, 4.69) is 24.6 Å². The van der Waals surface area contributed by atoms with Crippen molar-refractivity contribution in [3.63, 3.8) is 0 Å². The number of hydrogen-bond acceptors (Lipinski definition) is 3. The molecule has 4 nitrogen and oxygen atoms in total. The lowest BCUT2D eigenvalue weighted by molar-refractivity contribution is 0.136. The average molecular weight is 296 g/mol. The van der Waals surface area contributed by atoms with Gasteiger partial charge in [0.2, 0.25) is 0 Å². The molecule has 101 valence electrons. The first kappa shape index (κ1) is 14.4. The first-order valence-corrected chi connectivity index (χ1v) is 10.3. The van der Waals surface area contributed by atoms with Crippen LogP contribution in [0.25, 0.3) is 11.0 Å². The smallest absolute Gasteiger partial charge is 0.350 e. The van der Waals surface area contributed by atoms with Gasteiger partial charge in [0.25, 0.3) is 0 Å². The minimum absolute atomic E-state index is 0.547. The lowest BCUT2D eigenvalue weighted by Crippen LogP contribution is -2.32. The summed E-state index contributed by atoms with van der Waals surface area (Å²) in [7, 11) is -0.148. The maximum Gasteiger partial charge on any atom is 0.350 e. The molecule has 2 heterocycles. The molecule has 1 radical (unpaired) electrons. The van der Waals surface area contributed by atoms with Gasteiger partial charge in [-0.25, -0.2) is 4.98 Å². The fourth-order valence-electron chi connectivity index (χ4n) is 1.73. The molecule has 0 spiro atoms. The van der Waals surface area contributed by atoms with Crippen LogP contribution in [0.15, 0.2) is 18.3 Å². The molecular formula is C12H17BClN2O2Si. The van der Waals surface area contributed by atoms with Crippen LogP contribution in [-0.2, 0) is 0 Å². The molecule has 0 aliphatic rings. The minimum Gasteiger partial charge on any atom is -0.449 e. The average Bonchev–Trinajstić information content (AvgIpc) is 2.68. The van der Waals surface area contributed by atoms with Crippen molar-refractivity contribution < 1.29 is 9.86 Å². The monoisotopic (exact) mass is 295 g/mol. The van der Waals surface area contributed by atoms with E-state index in [9.17, 15) is 5.02 Å². The van der Waals surface area contributed by atoms with Crippen molar-refractivity contribution in [3.8, 4) is 0 Å². The summed E-state index contributed by atoms with van der Waals surface area (Å²) in [4.78, 5) is 10.0. The maximum atomic E-state index is 9.28. The third kappa shape index (κ3) is 3.32. The Bertz CT molecular complexity index is 583. The Morgan fingerprint density at radius 2 is 2.21 bits per heavy atom. The normalized spacial score (nSPS) is 11.8. The van der Waals surface area contributed by atoms with Gasteiger partial charge < -0.3 is 9.86 Å². The fourth-order valence-corrected chi connectivity index (χ4v) is 2.63. The van der Waals surface area contributed by atoms with Crippen molar-refractivity contribution in [1.29, 1.82) is 0 Å². The highest BCUT2D eigenvalue weighted by Gasteiger charge is 2.16. The summed E-state index contributed by atoms with van der Waals surface area (Å²) in [6, 6.07) is 4.52. The predicted molar refractivity (Wildman–Crippen MR) is 81.9 cm³/mol. The Morgan fingerprint density at radius 1 is 1.47 bits per heavy atom. The fraction of sp³-hybridized carbons (Fsp3) is 0.417. The summed E-state index contributed by atoms with van der Waals surface area (Å²) in [5.74, 6) is 0. The quantitative estimate of drug-likeness (QED) is 0.854. The Kier molecular flexibility index (Phi) is 4.23. The molecule has 0 bridgehead atoms. The molecule has 0 amide bonds. The molecule has 0 saturated carbocycles. The van der Waals surface area contributed by atoms with Crippen LogP contribution in [0.5, 0.6) is 0 Å². The summed E-state index contributed by atoms with van der Waals surface area (Å²) in [5, 5.41) is 10.7. The summed E-state index contributed by atoms with van der Waals surface area (Å²) >= 11 is 6.11. The van der Waals surface area contributed by atoms with Crippen molar-refractivity contribution in [2.75, 3.05) is 6.61 Å². The van der Waals surface area contributed by atoms with Gasteiger partial charge in [-0.15, -0.1) is 0 Å². The Labute approximate surface area is 119 Å². The van der Waals surface area contributed by atoms with Gasteiger partial charge >= 0.3 is 7.48 Å². The summed E-state index contributed by atoms with van der Waals surface area (Å²) in [6.45, 7) is 7.48. The topological polar surface area (TPSA) is 47.3 Å². The zero-order chi connectivity index (χ0) is 14.0. The second-order valence-corrected chi connectivity index (χ2v) is 11.7. The number of pyridine rings is 1. The largest absolute Gasteiger partial charge is 0.449 e. The van der Waals surface area contributed by atoms with Gasteiger partial charge in [0, 0.05) is 19.7 Å². The summed E-state index contributed by atoms with van der Waals surface area (Å²) < 4.78 is 1.54. The number of aromatic nitrogens is 2. The van der Waals surface area contributed by atoms with Crippen molar-refractivity contribution in [1.82, 2.24) is 9.71 Å². The van der Waals surface area contributed by atoms with E-state index in [4.69, 9.17) is 16.4 Å². The number of hydrogen-bond donors (Lipinski definition) is 1. The molecule has 1 N–H and O–H groups in total. The van der Waals surface area contributed by atoms with E-state index in [0.29, 0.717) is 22.9 Å². The molecule has 0 aromatic carbocycles. The van der Waals surface area contributed by atoms with Crippen LogP contribution < -0.4 is 10.4 Å². The number of halogens is 1. The highest BCUT2D eigenvalue weighted by atomic mass is 35.5. The van der Waals surface area contributed by atoms with Gasteiger partial charge in [-0.2, -0.15) is 4.73 Å². The Balaban J connectivity index is 2.28. The van der Waals surface area contributed by atoms with Crippen molar-refractivity contribution in [3.05, 3.63) is 23.4 Å². The SMILES string of the molecule is C[Si](C)(C)CCOn1c([B]O)cc2c(Cl)ccnc21. The zero-order valence-corrected chi connectivity index (χ0v) is 13.1. The van der Waals surface area contributed by atoms with E-state index >= 15 is 0 Å². The zero-order valence-electron chi connectivity index (χ0n) is 11.4. The highest BCUT2D eigenvalue weighted by molar-refractivity contribution is 6.76. The number of fused-ring (bicyclic) bond motifs is 1. The van der Waals surface area contributed by atoms with E-state index in [0.717, 1.165) is 18.9 Å². The molecule has 7 heteroatoms. The summed E-state index contributed by atoms with van der Waals surface area (Å²) in [5.41, 5.74) is 1.18. The maximum absolute atomic E-state index is 9.28. The Morgan fingerprint density at radius 3 is 2.84 bits per heavy atom. The molecule has 2 aromatic heterocycles. The first-order chi connectivity index (χ1) is 8.92. The van der Waals surface area contributed by atoms with E-state index in [1.165, 1.54) is 0 Å². The van der Waals surface area contributed by atoms with Gasteiger partial charge in [0.05, 0.1) is 10.6 Å². The lowest BCUT2D eigenvalue weighted by Gasteiger charge is -2.17. The molecule has 0 aliphatic heterocycles. The molecular weight excluding hydrogens is 278 g/mol. The van der Waals surface area contributed by atoms with E-state index in [1.807, 2.05) is 0 Å². The van der Waals surface area contributed by atoms with Crippen molar-refractivity contribution in [2.24, 2.45) is 0 Å². The molecule has 0 fully saturated rings. The van der Waals surface area contributed by atoms with E-state index in [1.54, 1.807) is 23.1 Å². The molecule has 0 saturated heterocycles. The minimum atomic E-state index is -1.15. The van der Waals surface area contributed by atoms with E-state index in [-0.39, 0.29) is 0 Å². The van der Waals surface area contributed by atoms with Crippen LogP contribution in [0, 0.1) is 0 Å². The number of nitrogens with zero attached hydrogens (tertiary/aromatic N) is 2. The van der Waals surface area contributed by atoms with Crippen molar-refractivity contribution in [2.45, 2.75) is 25.7 Å². The standard InChI is InChI=1S/C12H17BClN2O2Si/c1-19(2,3)7-6-18-16-11(13-17)8-9-10(14)4-5-15-12(9)16/h4-5,8,17H,6-7H2,1-3H3. The second kappa shape index (κ2) is 5.56. The lowest BCUT2D eigenvalue weighted by atomic mass is 9.96. The van der Waals surface area contributed by atoms with Crippen molar-refractivity contribution >= 4 is 43.8 Å².